The van der Waals surface area contributed by atoms with Gasteiger partial charge in [0.2, 0.25) is 5.91 Å². The molecule has 0 aromatic carbocycles. The van der Waals surface area contributed by atoms with Gasteiger partial charge in [0, 0.05) is 6.42 Å². The molecule has 9 heteroatoms. The van der Waals surface area contributed by atoms with Crippen LogP contribution < -0.4 is 10.2 Å². The van der Waals surface area contributed by atoms with Crippen molar-refractivity contribution in [2.45, 2.75) is 180 Å². The van der Waals surface area contributed by atoms with E-state index >= 15 is 0 Å². The minimum atomic E-state index is -4.60. The third kappa shape index (κ3) is 38.5. The van der Waals surface area contributed by atoms with Crippen molar-refractivity contribution in [3.63, 3.8) is 0 Å². The SMILES string of the molecule is CCC/C=C/CC/C=C/CC/C=C/C(O)C(COP(=O)([O-])OCC[N+](C)(C)C)NC(=O)CCCCCCCCCCC/C=C\C/C=C\CCCCCCC. The standard InChI is InChI=1S/C45H83N2O6P/c1-6-8-10-12-14-16-18-19-20-21-22-23-24-25-26-27-29-31-33-35-37-39-45(49)46-43(42-53-54(50,51)52-41-40-47(3,4)5)44(48)38-36-34-32-30-28-17-15-13-11-9-7-2/h11,13,18-19,21-22,28,30,36,38,43-44,48H,6-10,12,14-17,20,23-27,29,31-35,37,39-42H2,1-5H3,(H-,46,49,50,51)/b13-11+,19-18-,22-21-,30-28+,38-36+. The topological polar surface area (TPSA) is 108 Å². The Bertz CT molecular complexity index is 1060. The van der Waals surface area contributed by atoms with Gasteiger partial charge in [-0.05, 0) is 70.6 Å². The van der Waals surface area contributed by atoms with Gasteiger partial charge in [0.1, 0.15) is 13.2 Å². The Hall–Kier alpha value is -1.80. The maximum absolute atomic E-state index is 12.8. The fourth-order valence-electron chi connectivity index (χ4n) is 5.69. The van der Waals surface area contributed by atoms with Crippen LogP contribution in [0.25, 0.3) is 0 Å². The van der Waals surface area contributed by atoms with Crippen LogP contribution in [0, 0.1) is 0 Å². The van der Waals surface area contributed by atoms with Crippen LogP contribution >= 0.6 is 7.82 Å². The van der Waals surface area contributed by atoms with E-state index in [-0.39, 0.29) is 12.5 Å². The quantitative estimate of drug-likeness (QED) is 0.0280. The van der Waals surface area contributed by atoms with Gasteiger partial charge in [0.25, 0.3) is 7.82 Å². The number of aliphatic hydroxyl groups is 1. The van der Waals surface area contributed by atoms with Gasteiger partial charge in [0.05, 0.1) is 39.9 Å². The summed E-state index contributed by atoms with van der Waals surface area (Å²) in [6, 6.07) is -0.911. The maximum atomic E-state index is 12.8. The molecule has 0 radical (unpaired) electrons. The van der Waals surface area contributed by atoms with Crippen LogP contribution in [0.1, 0.15) is 168 Å². The first-order chi connectivity index (χ1) is 26.0. The van der Waals surface area contributed by atoms with Gasteiger partial charge in [0.15, 0.2) is 0 Å². The third-order valence-electron chi connectivity index (χ3n) is 9.16. The number of amides is 1. The van der Waals surface area contributed by atoms with Crippen LogP contribution in [0.2, 0.25) is 0 Å². The van der Waals surface area contributed by atoms with Crippen LogP contribution in [-0.4, -0.2) is 68.5 Å². The highest BCUT2D eigenvalue weighted by atomic mass is 31.2. The Kier molecular flexibility index (Phi) is 35.6. The van der Waals surface area contributed by atoms with E-state index in [9.17, 15) is 19.4 Å². The largest absolute Gasteiger partial charge is 0.756 e. The molecule has 0 fully saturated rings. The van der Waals surface area contributed by atoms with E-state index in [0.29, 0.717) is 17.4 Å². The van der Waals surface area contributed by atoms with Crippen molar-refractivity contribution < 1.29 is 32.9 Å². The molecule has 8 nitrogen and oxygen atoms in total. The number of nitrogens with zero attached hydrogens (tertiary/aromatic N) is 1. The maximum Gasteiger partial charge on any atom is 0.268 e. The molecule has 1 amide bonds. The van der Waals surface area contributed by atoms with Crippen LogP contribution in [0.4, 0.5) is 0 Å². The number of unbranched alkanes of at least 4 members (excludes halogenated alkanes) is 17. The number of hydrogen-bond acceptors (Lipinski definition) is 6. The van der Waals surface area contributed by atoms with Crippen LogP contribution in [0.15, 0.2) is 60.8 Å². The average molecular weight is 779 g/mol. The molecular weight excluding hydrogens is 695 g/mol. The average Bonchev–Trinajstić information content (AvgIpc) is 3.12. The van der Waals surface area contributed by atoms with Crippen molar-refractivity contribution in [3.8, 4) is 0 Å². The van der Waals surface area contributed by atoms with E-state index in [2.05, 4.69) is 67.8 Å². The molecule has 3 unspecified atom stereocenters. The molecule has 0 aromatic heterocycles. The molecule has 0 aliphatic rings. The summed E-state index contributed by atoms with van der Waals surface area (Å²) in [4.78, 5) is 25.2. The summed E-state index contributed by atoms with van der Waals surface area (Å²) < 4.78 is 23.1. The third-order valence-corrected chi connectivity index (χ3v) is 10.1. The van der Waals surface area contributed by atoms with Crippen molar-refractivity contribution in [3.05, 3.63) is 60.8 Å². The summed E-state index contributed by atoms with van der Waals surface area (Å²) in [6.45, 7) is 4.50. The molecule has 314 valence electrons. The summed E-state index contributed by atoms with van der Waals surface area (Å²) >= 11 is 0. The molecule has 0 saturated carbocycles. The van der Waals surface area contributed by atoms with E-state index in [0.717, 1.165) is 57.8 Å². The zero-order valence-electron chi connectivity index (χ0n) is 35.4. The monoisotopic (exact) mass is 779 g/mol. The second-order valence-electron chi connectivity index (χ2n) is 15.7. The lowest BCUT2D eigenvalue weighted by atomic mass is 10.1. The Labute approximate surface area is 332 Å². The second-order valence-corrected chi connectivity index (χ2v) is 17.1. The number of aliphatic hydroxyl groups excluding tert-OH is 1. The fourth-order valence-corrected chi connectivity index (χ4v) is 6.41. The predicted molar refractivity (Wildman–Crippen MR) is 228 cm³/mol. The van der Waals surface area contributed by atoms with Crippen molar-refractivity contribution in [2.75, 3.05) is 40.9 Å². The Morgan fingerprint density at radius 3 is 1.67 bits per heavy atom. The first kappa shape index (κ1) is 52.2. The number of phosphoric ester groups is 1. The van der Waals surface area contributed by atoms with Crippen molar-refractivity contribution in [2.24, 2.45) is 0 Å². The number of carbonyl (C=O) groups is 1. The molecule has 0 aromatic rings. The van der Waals surface area contributed by atoms with Gasteiger partial charge < -0.3 is 28.8 Å². The van der Waals surface area contributed by atoms with Crippen LogP contribution in [0.5, 0.6) is 0 Å². The van der Waals surface area contributed by atoms with E-state index in [1.54, 1.807) is 6.08 Å². The Morgan fingerprint density at radius 1 is 0.648 bits per heavy atom. The number of likely N-dealkylation sites (N-methyl/N-ethyl adjacent to an activating group) is 1. The smallest absolute Gasteiger partial charge is 0.268 e. The van der Waals surface area contributed by atoms with Gasteiger partial charge in [-0.3, -0.25) is 9.36 Å². The minimum Gasteiger partial charge on any atom is -0.756 e. The first-order valence-electron chi connectivity index (χ1n) is 21.7. The molecule has 0 bridgehead atoms. The van der Waals surface area contributed by atoms with Crippen LogP contribution in [-0.2, 0) is 18.4 Å². The lowest BCUT2D eigenvalue weighted by Gasteiger charge is -2.29. The van der Waals surface area contributed by atoms with Crippen molar-refractivity contribution in [1.29, 1.82) is 0 Å². The molecule has 3 atom stereocenters. The minimum absolute atomic E-state index is 0.0124. The first-order valence-corrected chi connectivity index (χ1v) is 23.1. The zero-order chi connectivity index (χ0) is 40.0. The second kappa shape index (κ2) is 36.8. The summed E-state index contributed by atoms with van der Waals surface area (Å²) in [5, 5.41) is 13.7. The predicted octanol–water partition coefficient (Wildman–Crippen LogP) is 11.2. The van der Waals surface area contributed by atoms with Gasteiger partial charge in [-0.2, -0.15) is 0 Å². The lowest BCUT2D eigenvalue weighted by Crippen LogP contribution is -2.45. The van der Waals surface area contributed by atoms with Crippen LogP contribution in [0.3, 0.4) is 0 Å². The number of phosphoric acid groups is 1. The number of carbonyl (C=O) groups excluding carboxylic acids is 1. The van der Waals surface area contributed by atoms with E-state index in [4.69, 9.17) is 9.05 Å². The summed E-state index contributed by atoms with van der Waals surface area (Å²) in [7, 11) is 1.22. The lowest BCUT2D eigenvalue weighted by molar-refractivity contribution is -0.870. The molecule has 0 rings (SSSR count). The van der Waals surface area contributed by atoms with Gasteiger partial charge in [-0.1, -0.05) is 152 Å². The van der Waals surface area contributed by atoms with Gasteiger partial charge >= 0.3 is 0 Å². The Balaban J connectivity index is 4.39. The molecular formula is C45H83N2O6P. The van der Waals surface area contributed by atoms with Gasteiger partial charge in [-0.25, -0.2) is 0 Å². The molecule has 0 heterocycles. The summed E-state index contributed by atoms with van der Waals surface area (Å²) in [5.41, 5.74) is 0. The van der Waals surface area contributed by atoms with Gasteiger partial charge in [-0.15, -0.1) is 0 Å². The zero-order valence-corrected chi connectivity index (χ0v) is 36.3. The van der Waals surface area contributed by atoms with Crippen molar-refractivity contribution >= 4 is 13.7 Å². The highest BCUT2D eigenvalue weighted by molar-refractivity contribution is 7.45. The molecule has 2 N–H and O–H groups in total. The summed E-state index contributed by atoms with van der Waals surface area (Å²) in [6.07, 6.45) is 47.0. The Morgan fingerprint density at radius 2 is 1.13 bits per heavy atom. The number of hydrogen-bond donors (Lipinski definition) is 2. The fraction of sp³-hybridized carbons (Fsp3) is 0.756. The normalized spacial score (nSPS) is 15.0. The molecule has 54 heavy (non-hydrogen) atoms. The molecule has 0 aliphatic carbocycles. The van der Waals surface area contributed by atoms with Crippen molar-refractivity contribution in [1.82, 2.24) is 5.32 Å². The number of quaternary nitrogens is 1. The van der Waals surface area contributed by atoms with E-state index < -0.39 is 26.6 Å². The highest BCUT2D eigenvalue weighted by Crippen LogP contribution is 2.38. The molecule has 0 saturated heterocycles. The number of allylic oxidation sites excluding steroid dienone is 9. The summed E-state index contributed by atoms with van der Waals surface area (Å²) in [5.74, 6) is -0.221. The van der Waals surface area contributed by atoms with E-state index in [1.165, 1.54) is 89.9 Å². The molecule has 0 spiro atoms. The highest BCUT2D eigenvalue weighted by Gasteiger charge is 2.23. The van der Waals surface area contributed by atoms with E-state index in [1.807, 2.05) is 27.2 Å². The number of nitrogens with one attached hydrogen (secondary N) is 1. The molecule has 0 aliphatic heterocycles. The number of rotatable bonds is 38.